The molecule has 0 fully saturated rings. The Hall–Kier alpha value is -1.89. The lowest BCUT2D eigenvalue weighted by Gasteiger charge is -2.06. The number of nitrogens with zero attached hydrogens (tertiary/aromatic N) is 1. The van der Waals surface area contributed by atoms with E-state index in [-0.39, 0.29) is 4.21 Å². The average molecular weight is 380 g/mol. The van der Waals surface area contributed by atoms with Gasteiger partial charge in [-0.3, -0.25) is 0 Å². The summed E-state index contributed by atoms with van der Waals surface area (Å²) in [5.41, 5.74) is 2.32. The number of benzene rings is 2. The standard InChI is InChI=1S/C17H14ClNO3S2/c1-12-17(24(18,20)21)23-16(19-12)14-7-9-15(10-8-14)22-11-13-5-3-2-4-6-13/h2-10H,11H2,1H3. The van der Waals surface area contributed by atoms with E-state index in [4.69, 9.17) is 15.4 Å². The van der Waals surface area contributed by atoms with Gasteiger partial charge in [-0.1, -0.05) is 30.3 Å². The number of ether oxygens (including phenoxy) is 1. The van der Waals surface area contributed by atoms with Crippen LogP contribution >= 0.6 is 22.0 Å². The molecule has 0 unspecified atom stereocenters. The molecule has 124 valence electrons. The quantitative estimate of drug-likeness (QED) is 0.606. The fourth-order valence-electron chi connectivity index (χ4n) is 2.17. The van der Waals surface area contributed by atoms with E-state index in [0.717, 1.165) is 28.2 Å². The van der Waals surface area contributed by atoms with Gasteiger partial charge >= 0.3 is 0 Å². The van der Waals surface area contributed by atoms with Gasteiger partial charge in [0.2, 0.25) is 0 Å². The van der Waals surface area contributed by atoms with Gasteiger partial charge in [0.25, 0.3) is 9.05 Å². The van der Waals surface area contributed by atoms with Crippen molar-refractivity contribution in [2.24, 2.45) is 0 Å². The Morgan fingerprint density at radius 2 is 1.75 bits per heavy atom. The van der Waals surface area contributed by atoms with E-state index >= 15 is 0 Å². The third-order valence-electron chi connectivity index (χ3n) is 3.33. The maximum absolute atomic E-state index is 11.5. The Balaban J connectivity index is 1.75. The molecule has 0 atom stereocenters. The summed E-state index contributed by atoms with van der Waals surface area (Å²) in [5.74, 6) is 0.737. The fourth-order valence-corrected chi connectivity index (χ4v) is 4.62. The Bertz CT molecular complexity index is 936. The lowest BCUT2D eigenvalue weighted by Crippen LogP contribution is -1.94. The van der Waals surface area contributed by atoms with E-state index in [9.17, 15) is 8.42 Å². The molecule has 0 amide bonds. The minimum absolute atomic E-state index is 0.0866. The summed E-state index contributed by atoms with van der Waals surface area (Å²) in [6.07, 6.45) is 0. The van der Waals surface area contributed by atoms with Crippen LogP contribution in [0.4, 0.5) is 0 Å². The van der Waals surface area contributed by atoms with E-state index in [1.165, 1.54) is 0 Å². The lowest BCUT2D eigenvalue weighted by molar-refractivity contribution is 0.306. The second kappa shape index (κ2) is 6.93. The number of rotatable bonds is 5. The Kier molecular flexibility index (Phi) is 4.89. The molecule has 2 aromatic carbocycles. The van der Waals surface area contributed by atoms with Crippen molar-refractivity contribution in [3.63, 3.8) is 0 Å². The minimum Gasteiger partial charge on any atom is -0.489 e. The first-order chi connectivity index (χ1) is 11.4. The van der Waals surface area contributed by atoms with Gasteiger partial charge in [0.05, 0.1) is 5.69 Å². The topological polar surface area (TPSA) is 56.3 Å². The molecule has 0 spiro atoms. The van der Waals surface area contributed by atoms with E-state index in [1.54, 1.807) is 6.92 Å². The Morgan fingerprint density at radius 1 is 1.08 bits per heavy atom. The summed E-state index contributed by atoms with van der Waals surface area (Å²) in [6.45, 7) is 2.12. The van der Waals surface area contributed by atoms with Crippen LogP contribution in [0.15, 0.2) is 58.8 Å². The van der Waals surface area contributed by atoms with E-state index in [0.29, 0.717) is 17.3 Å². The van der Waals surface area contributed by atoms with Gasteiger partial charge in [-0.2, -0.15) is 0 Å². The fraction of sp³-hybridized carbons (Fsp3) is 0.118. The molecule has 0 aliphatic rings. The molecule has 0 bridgehead atoms. The molecule has 4 nitrogen and oxygen atoms in total. The zero-order chi connectivity index (χ0) is 17.2. The number of halogens is 1. The summed E-state index contributed by atoms with van der Waals surface area (Å²) < 4.78 is 28.8. The molecular weight excluding hydrogens is 366 g/mol. The maximum Gasteiger partial charge on any atom is 0.272 e. The number of hydrogen-bond donors (Lipinski definition) is 0. The highest BCUT2D eigenvalue weighted by atomic mass is 35.7. The van der Waals surface area contributed by atoms with Crippen molar-refractivity contribution < 1.29 is 13.2 Å². The Morgan fingerprint density at radius 3 is 2.33 bits per heavy atom. The smallest absolute Gasteiger partial charge is 0.272 e. The molecule has 24 heavy (non-hydrogen) atoms. The van der Waals surface area contributed by atoms with Crippen LogP contribution in [0, 0.1) is 6.92 Å². The van der Waals surface area contributed by atoms with Crippen LogP contribution in [0.1, 0.15) is 11.3 Å². The molecular formula is C17H14ClNO3S2. The van der Waals surface area contributed by atoms with Crippen molar-refractivity contribution in [1.82, 2.24) is 4.98 Å². The van der Waals surface area contributed by atoms with Crippen LogP contribution in [0.5, 0.6) is 5.75 Å². The predicted molar refractivity (Wildman–Crippen MR) is 96.1 cm³/mol. The molecule has 7 heteroatoms. The zero-order valence-corrected chi connectivity index (χ0v) is 15.2. The molecule has 0 radical (unpaired) electrons. The summed E-state index contributed by atoms with van der Waals surface area (Å²) in [5, 5.41) is 0.612. The highest BCUT2D eigenvalue weighted by molar-refractivity contribution is 8.15. The zero-order valence-electron chi connectivity index (χ0n) is 12.8. The van der Waals surface area contributed by atoms with Gasteiger partial charge in [-0.25, -0.2) is 13.4 Å². The van der Waals surface area contributed by atoms with Crippen molar-refractivity contribution in [2.45, 2.75) is 17.7 Å². The van der Waals surface area contributed by atoms with Gasteiger partial charge in [-0.05, 0) is 36.8 Å². The van der Waals surface area contributed by atoms with Gasteiger partial charge in [-0.15, -0.1) is 11.3 Å². The molecule has 3 aromatic rings. The molecule has 0 N–H and O–H groups in total. The number of aromatic nitrogens is 1. The molecule has 0 aliphatic carbocycles. The van der Waals surface area contributed by atoms with Gasteiger partial charge in [0, 0.05) is 16.2 Å². The highest BCUT2D eigenvalue weighted by Crippen LogP contribution is 2.33. The second-order valence-corrected chi connectivity index (χ2v) is 8.89. The molecule has 1 heterocycles. The van der Waals surface area contributed by atoms with E-state index in [2.05, 4.69) is 4.98 Å². The third-order valence-corrected chi connectivity index (χ3v) is 6.71. The summed E-state index contributed by atoms with van der Waals surface area (Å²) in [6, 6.07) is 17.3. The summed E-state index contributed by atoms with van der Waals surface area (Å²) in [4.78, 5) is 4.28. The third kappa shape index (κ3) is 3.95. The van der Waals surface area contributed by atoms with E-state index < -0.39 is 9.05 Å². The molecule has 0 aliphatic heterocycles. The first-order valence-corrected chi connectivity index (χ1v) is 10.3. The predicted octanol–water partition coefficient (Wildman–Crippen LogP) is 4.63. The molecule has 3 rings (SSSR count). The lowest BCUT2D eigenvalue weighted by atomic mass is 10.2. The van der Waals surface area contributed by atoms with Crippen molar-refractivity contribution in [3.8, 4) is 16.3 Å². The summed E-state index contributed by atoms with van der Waals surface area (Å²) >= 11 is 1.06. The first kappa shape index (κ1) is 17.0. The molecule has 0 saturated carbocycles. The highest BCUT2D eigenvalue weighted by Gasteiger charge is 2.19. The van der Waals surface area contributed by atoms with E-state index in [1.807, 2.05) is 54.6 Å². The van der Waals surface area contributed by atoms with Crippen molar-refractivity contribution >= 4 is 31.1 Å². The minimum atomic E-state index is -3.76. The SMILES string of the molecule is Cc1nc(-c2ccc(OCc3ccccc3)cc2)sc1S(=O)(=O)Cl. The van der Waals surface area contributed by atoms with Crippen LogP contribution in [-0.4, -0.2) is 13.4 Å². The van der Waals surface area contributed by atoms with Crippen LogP contribution in [0.2, 0.25) is 0 Å². The molecule has 0 saturated heterocycles. The van der Waals surface area contributed by atoms with Gasteiger partial charge < -0.3 is 4.74 Å². The number of hydrogen-bond acceptors (Lipinski definition) is 5. The average Bonchev–Trinajstić information content (AvgIpc) is 2.96. The first-order valence-electron chi connectivity index (χ1n) is 7.13. The van der Waals surface area contributed by atoms with Crippen molar-refractivity contribution in [1.29, 1.82) is 0 Å². The number of aryl methyl sites for hydroxylation is 1. The van der Waals surface area contributed by atoms with Crippen molar-refractivity contribution in [3.05, 3.63) is 65.9 Å². The van der Waals surface area contributed by atoms with Gasteiger partial charge in [0.1, 0.15) is 17.4 Å². The van der Waals surface area contributed by atoms with Crippen molar-refractivity contribution in [2.75, 3.05) is 0 Å². The van der Waals surface area contributed by atoms with Gasteiger partial charge in [0.15, 0.2) is 4.21 Å². The Labute approximate surface area is 149 Å². The second-order valence-electron chi connectivity index (χ2n) is 5.13. The monoisotopic (exact) mass is 379 g/mol. The molecule has 1 aromatic heterocycles. The summed E-state index contributed by atoms with van der Waals surface area (Å²) in [7, 11) is 1.65. The normalized spacial score (nSPS) is 11.4. The van der Waals surface area contributed by atoms with Crippen LogP contribution in [0.25, 0.3) is 10.6 Å². The van der Waals surface area contributed by atoms with Crippen LogP contribution < -0.4 is 4.74 Å². The largest absolute Gasteiger partial charge is 0.489 e. The maximum atomic E-state index is 11.5. The van der Waals surface area contributed by atoms with Crippen LogP contribution in [0.3, 0.4) is 0 Å². The number of thiazole rings is 1. The van der Waals surface area contributed by atoms with Crippen LogP contribution in [-0.2, 0) is 15.7 Å².